The highest BCUT2D eigenvalue weighted by molar-refractivity contribution is 5.88. The molecule has 9 heteroatoms. The van der Waals surface area contributed by atoms with Crippen molar-refractivity contribution in [3.63, 3.8) is 0 Å². The molecule has 34 heavy (non-hydrogen) atoms. The van der Waals surface area contributed by atoms with Gasteiger partial charge in [0.2, 0.25) is 0 Å². The molecule has 9 nitrogen and oxygen atoms in total. The second-order valence-corrected chi connectivity index (χ2v) is 8.04. The SMILES string of the molecule is C[N+](C)([O-])[C@@H](CCOc1cccc2ccccc12)c1ccccc1.O=C(O)[C@@H](O)[C@H](O)C(=O)O. The van der Waals surface area contributed by atoms with Crippen LogP contribution in [0.2, 0.25) is 0 Å². The second kappa shape index (κ2) is 12.1. The van der Waals surface area contributed by atoms with Crippen LogP contribution < -0.4 is 4.74 Å². The summed E-state index contributed by atoms with van der Waals surface area (Å²) in [5, 5.41) is 47.3. The Bertz CT molecular complexity index is 1060. The fourth-order valence-electron chi connectivity index (χ4n) is 3.38. The van der Waals surface area contributed by atoms with Crippen LogP contribution >= 0.6 is 0 Å². The van der Waals surface area contributed by atoms with Gasteiger partial charge < -0.3 is 35.0 Å². The minimum absolute atomic E-state index is 0.138. The number of carboxylic acid groups (broad SMARTS) is 2. The topological polar surface area (TPSA) is 147 Å². The molecule has 3 aromatic carbocycles. The maximum Gasteiger partial charge on any atom is 0.335 e. The summed E-state index contributed by atoms with van der Waals surface area (Å²) in [5.41, 5.74) is 1.05. The Hall–Kier alpha value is -3.50. The van der Waals surface area contributed by atoms with Crippen molar-refractivity contribution in [1.82, 2.24) is 0 Å². The van der Waals surface area contributed by atoms with E-state index in [0.29, 0.717) is 13.0 Å². The Balaban J connectivity index is 0.000000347. The molecule has 4 N–H and O–H groups in total. The van der Waals surface area contributed by atoms with Crippen molar-refractivity contribution in [3.8, 4) is 5.75 Å². The number of hydrogen-bond acceptors (Lipinski definition) is 6. The Morgan fingerprint density at radius 1 is 0.853 bits per heavy atom. The van der Waals surface area contributed by atoms with Crippen LogP contribution in [0.25, 0.3) is 10.8 Å². The van der Waals surface area contributed by atoms with Gasteiger partial charge in [0, 0.05) is 17.4 Å². The average molecular weight is 472 g/mol. The van der Waals surface area contributed by atoms with Crippen LogP contribution in [-0.4, -0.2) is 69.9 Å². The molecular formula is C25H29NO8. The smallest absolute Gasteiger partial charge is 0.335 e. The third-order valence-electron chi connectivity index (χ3n) is 5.14. The van der Waals surface area contributed by atoms with Crippen LogP contribution in [0.15, 0.2) is 72.8 Å². The quantitative estimate of drug-likeness (QED) is 0.275. The monoisotopic (exact) mass is 471 g/mol. The summed E-state index contributed by atoms with van der Waals surface area (Å²) in [7, 11) is 3.38. The van der Waals surface area contributed by atoms with Crippen LogP contribution in [-0.2, 0) is 9.59 Å². The highest BCUT2D eigenvalue weighted by atomic mass is 16.5. The first kappa shape index (κ1) is 26.7. The number of aliphatic hydroxyl groups excluding tert-OH is 2. The Morgan fingerprint density at radius 3 is 1.94 bits per heavy atom. The summed E-state index contributed by atoms with van der Waals surface area (Å²) in [6.07, 6.45) is -3.86. The molecule has 0 saturated heterocycles. The first-order valence-electron chi connectivity index (χ1n) is 10.5. The minimum Gasteiger partial charge on any atom is -0.633 e. The van der Waals surface area contributed by atoms with Crippen LogP contribution in [0, 0.1) is 5.21 Å². The summed E-state index contributed by atoms with van der Waals surface area (Å²) >= 11 is 0. The maximum atomic E-state index is 12.5. The normalized spacial score (nSPS) is 13.8. The van der Waals surface area contributed by atoms with E-state index in [1.165, 1.54) is 0 Å². The predicted molar refractivity (Wildman–Crippen MR) is 126 cm³/mol. The van der Waals surface area contributed by atoms with E-state index in [4.69, 9.17) is 25.2 Å². The molecule has 0 bridgehead atoms. The van der Waals surface area contributed by atoms with E-state index in [9.17, 15) is 14.8 Å². The van der Waals surface area contributed by atoms with Crippen molar-refractivity contribution in [2.75, 3.05) is 20.7 Å². The van der Waals surface area contributed by atoms with Crippen molar-refractivity contribution >= 4 is 22.7 Å². The van der Waals surface area contributed by atoms with Crippen LogP contribution in [0.4, 0.5) is 0 Å². The van der Waals surface area contributed by atoms with E-state index in [1.54, 1.807) is 14.1 Å². The van der Waals surface area contributed by atoms with E-state index in [1.807, 2.05) is 54.6 Å². The maximum absolute atomic E-state index is 12.5. The van der Waals surface area contributed by atoms with Crippen LogP contribution in [0.1, 0.15) is 18.0 Å². The summed E-state index contributed by atoms with van der Waals surface area (Å²) in [4.78, 5) is 19.5. The van der Waals surface area contributed by atoms with Gasteiger partial charge in [0.25, 0.3) is 0 Å². The Labute approximate surface area is 197 Å². The Morgan fingerprint density at radius 2 is 1.38 bits per heavy atom. The molecule has 0 unspecified atom stereocenters. The number of benzene rings is 3. The molecule has 0 heterocycles. The molecule has 0 fully saturated rings. The van der Waals surface area contributed by atoms with Crippen LogP contribution in [0.5, 0.6) is 5.75 Å². The number of hydrogen-bond donors (Lipinski definition) is 4. The zero-order valence-corrected chi connectivity index (χ0v) is 18.9. The number of nitrogens with zero attached hydrogens (tertiary/aromatic N) is 1. The second-order valence-electron chi connectivity index (χ2n) is 8.04. The number of aliphatic carboxylic acids is 2. The van der Waals surface area contributed by atoms with Crippen molar-refractivity contribution in [2.45, 2.75) is 24.7 Å². The molecule has 182 valence electrons. The van der Waals surface area contributed by atoms with Gasteiger partial charge in [0.05, 0.1) is 20.7 Å². The lowest BCUT2D eigenvalue weighted by Crippen LogP contribution is -2.39. The van der Waals surface area contributed by atoms with Gasteiger partial charge >= 0.3 is 11.9 Å². The first-order valence-corrected chi connectivity index (χ1v) is 10.5. The number of hydroxylamine groups is 3. The number of fused-ring (bicyclic) bond motifs is 1. The van der Waals surface area contributed by atoms with Crippen molar-refractivity contribution in [1.29, 1.82) is 0 Å². The molecule has 0 aromatic heterocycles. The lowest BCUT2D eigenvalue weighted by Gasteiger charge is -2.42. The van der Waals surface area contributed by atoms with Gasteiger partial charge in [0.15, 0.2) is 12.2 Å². The van der Waals surface area contributed by atoms with Gasteiger partial charge in [-0.25, -0.2) is 9.59 Å². The van der Waals surface area contributed by atoms with Gasteiger partial charge in [-0.1, -0.05) is 66.7 Å². The number of carbonyl (C=O) groups is 2. The van der Waals surface area contributed by atoms with Crippen molar-refractivity contribution in [3.05, 3.63) is 83.6 Å². The summed E-state index contributed by atoms with van der Waals surface area (Å²) in [6, 6.07) is 24.0. The molecule has 0 spiro atoms. The molecule has 0 amide bonds. The zero-order chi connectivity index (χ0) is 25.3. The third-order valence-corrected chi connectivity index (χ3v) is 5.14. The molecule has 3 rings (SSSR count). The molecule has 0 aliphatic heterocycles. The van der Waals surface area contributed by atoms with Gasteiger partial charge in [-0.05, 0) is 11.5 Å². The fraction of sp³-hybridized carbons (Fsp3) is 0.280. The Kier molecular flexibility index (Phi) is 9.52. The summed E-state index contributed by atoms with van der Waals surface area (Å²) in [5.74, 6) is -2.67. The number of carboxylic acids is 2. The largest absolute Gasteiger partial charge is 0.633 e. The molecular weight excluding hydrogens is 442 g/mol. The van der Waals surface area contributed by atoms with E-state index >= 15 is 0 Å². The van der Waals surface area contributed by atoms with E-state index in [2.05, 4.69) is 18.2 Å². The predicted octanol–water partition coefficient (Wildman–Crippen LogP) is 2.80. The van der Waals surface area contributed by atoms with E-state index in [0.717, 1.165) is 22.1 Å². The van der Waals surface area contributed by atoms with Gasteiger partial charge in [-0.15, -0.1) is 0 Å². The van der Waals surface area contributed by atoms with E-state index < -0.39 is 24.1 Å². The fourth-order valence-corrected chi connectivity index (χ4v) is 3.38. The highest BCUT2D eigenvalue weighted by Crippen LogP contribution is 2.29. The van der Waals surface area contributed by atoms with Crippen molar-refractivity contribution < 1.29 is 39.4 Å². The van der Waals surface area contributed by atoms with Gasteiger partial charge in [0.1, 0.15) is 11.8 Å². The molecule has 0 aliphatic carbocycles. The summed E-state index contributed by atoms with van der Waals surface area (Å²) in [6.45, 7) is 0.511. The average Bonchev–Trinajstić information content (AvgIpc) is 2.81. The zero-order valence-electron chi connectivity index (χ0n) is 18.9. The number of quaternary nitrogens is 1. The number of aliphatic hydroxyl groups is 2. The molecule has 0 saturated carbocycles. The van der Waals surface area contributed by atoms with E-state index in [-0.39, 0.29) is 10.7 Å². The summed E-state index contributed by atoms with van der Waals surface area (Å²) < 4.78 is 5.66. The van der Waals surface area contributed by atoms with Crippen LogP contribution in [0.3, 0.4) is 0 Å². The minimum atomic E-state index is -2.27. The number of rotatable bonds is 9. The van der Waals surface area contributed by atoms with Gasteiger partial charge in [-0.2, -0.15) is 0 Å². The standard InChI is InChI=1S/C21H23NO2.C4H6O6/c1-22(2,23)20(18-10-4-3-5-11-18)15-16-24-21-14-8-12-17-9-6-7-13-19(17)21;5-1(3(7)8)2(6)4(9)10/h3-14,20H,15-16H2,1-2H3;1-2,5-6H,(H,7,8)(H,9,10)/t20-;1-,2-/m00/s1. The van der Waals surface area contributed by atoms with Gasteiger partial charge in [-0.3, -0.25) is 0 Å². The molecule has 3 aromatic rings. The highest BCUT2D eigenvalue weighted by Gasteiger charge is 2.29. The molecule has 0 aliphatic rings. The lowest BCUT2D eigenvalue weighted by atomic mass is 10.0. The third kappa shape index (κ3) is 7.53. The van der Waals surface area contributed by atoms with Crippen molar-refractivity contribution in [2.24, 2.45) is 0 Å². The lowest BCUT2D eigenvalue weighted by molar-refractivity contribution is -0.873. The first-order chi connectivity index (χ1) is 16.0. The molecule has 3 atom stereocenters. The number of ether oxygens (including phenoxy) is 1. The molecule has 0 radical (unpaired) electrons.